The molecule has 0 bridgehead atoms. The molecule has 1 aliphatic heterocycles. The Morgan fingerprint density at radius 3 is 1.88 bits per heavy atom. The van der Waals surface area contributed by atoms with Crippen molar-refractivity contribution in [3.05, 3.63) is 34.9 Å². The Morgan fingerprint density at radius 1 is 0.941 bits per heavy atom. The van der Waals surface area contributed by atoms with E-state index in [1.165, 1.54) is 0 Å². The molecule has 0 saturated carbocycles. The maximum absolute atomic E-state index is 11.5. The van der Waals surface area contributed by atoms with Crippen molar-refractivity contribution in [1.82, 2.24) is 0 Å². The Hall–Kier alpha value is -0.590. The molecule has 0 aliphatic carbocycles. The van der Waals surface area contributed by atoms with Gasteiger partial charge < -0.3 is 0 Å². The van der Waals surface area contributed by atoms with Crippen LogP contribution in [0, 0.1) is 0 Å². The van der Waals surface area contributed by atoms with E-state index in [0.717, 1.165) is 0 Å². The molecule has 0 radical (unpaired) electrons. The Balaban J connectivity index is 2.37. The fourth-order valence-corrected chi connectivity index (χ4v) is 7.04. The zero-order valence-electron chi connectivity index (χ0n) is 8.84. The first kappa shape index (κ1) is 12.9. The Bertz CT molecular complexity index is 583. The third-order valence-corrected chi connectivity index (χ3v) is 7.56. The van der Waals surface area contributed by atoms with Gasteiger partial charge in [-0.05, 0) is 17.7 Å². The molecule has 0 atom stereocenters. The molecular weight excluding hydrogens is 284 g/mol. The molecule has 1 saturated heterocycles. The Kier molecular flexibility index (Phi) is 3.22. The molecule has 2 rings (SSSR count). The molecule has 0 aromatic heterocycles. The van der Waals surface area contributed by atoms with Crippen LogP contribution in [0.15, 0.2) is 24.3 Å². The van der Waals surface area contributed by atoms with E-state index < -0.39 is 30.7 Å². The highest BCUT2D eigenvalue weighted by Gasteiger charge is 2.35. The van der Waals surface area contributed by atoms with Crippen molar-refractivity contribution in [2.75, 3.05) is 16.6 Å². The number of halogens is 1. The maximum Gasteiger partial charge on any atom is 0.165 e. The van der Waals surface area contributed by atoms with Crippen LogP contribution in [0.5, 0.6) is 0 Å². The van der Waals surface area contributed by atoms with Crippen LogP contribution in [0.3, 0.4) is 0 Å². The van der Waals surface area contributed by atoms with Gasteiger partial charge in [-0.2, -0.15) is 0 Å². The molecule has 1 heterocycles. The van der Waals surface area contributed by atoms with Crippen LogP contribution >= 0.6 is 11.6 Å². The van der Waals surface area contributed by atoms with Crippen LogP contribution < -0.4 is 0 Å². The maximum atomic E-state index is 11.5. The van der Waals surface area contributed by atoms with Gasteiger partial charge in [0.25, 0.3) is 0 Å². The van der Waals surface area contributed by atoms with Gasteiger partial charge in [0, 0.05) is 10.9 Å². The van der Waals surface area contributed by atoms with Gasteiger partial charge in [0.15, 0.2) is 24.8 Å². The number of sulfone groups is 2. The number of rotatable bonds is 1. The van der Waals surface area contributed by atoms with E-state index >= 15 is 0 Å². The fourth-order valence-electron chi connectivity index (χ4n) is 1.96. The van der Waals surface area contributed by atoms with Crippen LogP contribution in [-0.4, -0.2) is 33.4 Å². The molecular formula is C10H11ClO4S2. The van der Waals surface area contributed by atoms with Crippen LogP contribution in [0.2, 0.25) is 5.02 Å². The lowest BCUT2D eigenvalue weighted by Crippen LogP contribution is -2.34. The van der Waals surface area contributed by atoms with Crippen LogP contribution in [0.25, 0.3) is 0 Å². The van der Waals surface area contributed by atoms with E-state index in [2.05, 4.69) is 0 Å². The summed E-state index contributed by atoms with van der Waals surface area (Å²) in [5, 5.41) is -0.195. The molecule has 0 spiro atoms. The first-order valence-corrected chi connectivity index (χ1v) is 8.96. The molecule has 1 fully saturated rings. The summed E-state index contributed by atoms with van der Waals surface area (Å²) in [6.45, 7) is 0. The quantitative estimate of drug-likeness (QED) is 0.781. The third-order valence-electron chi connectivity index (χ3n) is 2.61. The molecule has 1 aliphatic rings. The molecule has 0 N–H and O–H groups in total. The second-order valence-electron chi connectivity index (χ2n) is 4.19. The summed E-state index contributed by atoms with van der Waals surface area (Å²) in [5.74, 6) is -0.724. The minimum absolute atomic E-state index is 0.117. The predicted molar refractivity (Wildman–Crippen MR) is 66.6 cm³/mol. The highest BCUT2D eigenvalue weighted by atomic mass is 35.5. The van der Waals surface area contributed by atoms with E-state index in [1.54, 1.807) is 24.3 Å². The van der Waals surface area contributed by atoms with Gasteiger partial charge in [-0.3, -0.25) is 0 Å². The van der Waals surface area contributed by atoms with Crippen molar-refractivity contribution in [3.8, 4) is 0 Å². The molecule has 4 nitrogen and oxygen atoms in total. The van der Waals surface area contributed by atoms with E-state index in [-0.39, 0.29) is 11.5 Å². The lowest BCUT2D eigenvalue weighted by atomic mass is 10.0. The van der Waals surface area contributed by atoms with Crippen molar-refractivity contribution in [1.29, 1.82) is 0 Å². The lowest BCUT2D eigenvalue weighted by Gasteiger charge is -2.22. The van der Waals surface area contributed by atoms with Gasteiger partial charge in [0.1, 0.15) is 0 Å². The van der Waals surface area contributed by atoms with Crippen LogP contribution in [0.1, 0.15) is 11.5 Å². The largest absolute Gasteiger partial charge is 0.228 e. The first-order chi connectivity index (χ1) is 7.77. The third kappa shape index (κ3) is 3.20. The summed E-state index contributed by atoms with van der Waals surface area (Å²) >= 11 is 5.73. The summed E-state index contributed by atoms with van der Waals surface area (Å²) in [6.07, 6.45) is 0. The average Bonchev–Trinajstić information content (AvgIpc) is 2.13. The summed E-state index contributed by atoms with van der Waals surface area (Å²) in [4.78, 5) is 0. The van der Waals surface area contributed by atoms with Gasteiger partial charge in [-0.1, -0.05) is 23.7 Å². The smallest absolute Gasteiger partial charge is 0.165 e. The molecule has 94 valence electrons. The predicted octanol–water partition coefficient (Wildman–Crippen LogP) is 1.22. The molecule has 7 heteroatoms. The van der Waals surface area contributed by atoms with Gasteiger partial charge in [0.2, 0.25) is 0 Å². The average molecular weight is 295 g/mol. The summed E-state index contributed by atoms with van der Waals surface area (Å²) < 4.78 is 46.0. The molecule has 1 aromatic rings. The fraction of sp³-hybridized carbons (Fsp3) is 0.400. The van der Waals surface area contributed by atoms with Crippen LogP contribution in [-0.2, 0) is 19.7 Å². The number of hydrogen-bond donors (Lipinski definition) is 0. The lowest BCUT2D eigenvalue weighted by molar-refractivity contribution is 0.573. The zero-order chi connectivity index (χ0) is 12.7. The van der Waals surface area contributed by atoms with Crippen molar-refractivity contribution < 1.29 is 16.8 Å². The second-order valence-corrected chi connectivity index (χ2v) is 9.21. The van der Waals surface area contributed by atoms with E-state index in [9.17, 15) is 16.8 Å². The molecule has 0 amide bonds. The minimum atomic E-state index is -3.52. The van der Waals surface area contributed by atoms with Crippen molar-refractivity contribution in [2.24, 2.45) is 0 Å². The Labute approximate surface area is 105 Å². The SMILES string of the molecule is O=S1(=O)CC(c2ccc(Cl)cc2)CS(=O)(=O)C1. The number of benzene rings is 1. The Morgan fingerprint density at radius 2 is 1.41 bits per heavy atom. The zero-order valence-corrected chi connectivity index (χ0v) is 11.2. The number of hydrogen-bond acceptors (Lipinski definition) is 4. The molecule has 17 heavy (non-hydrogen) atoms. The van der Waals surface area contributed by atoms with Gasteiger partial charge in [0.05, 0.1) is 11.5 Å². The summed E-state index contributed by atoms with van der Waals surface area (Å²) in [5.41, 5.74) is 0.696. The molecule has 0 unspecified atom stereocenters. The first-order valence-electron chi connectivity index (χ1n) is 4.94. The van der Waals surface area contributed by atoms with Gasteiger partial charge >= 0.3 is 0 Å². The standard InChI is InChI=1S/C10H11ClO4S2/c11-10-3-1-8(2-4-10)9-5-16(12,13)7-17(14,15)6-9/h1-4,9H,5-7H2. The highest BCUT2D eigenvalue weighted by Crippen LogP contribution is 2.26. The van der Waals surface area contributed by atoms with Crippen molar-refractivity contribution in [2.45, 2.75) is 5.92 Å². The summed E-state index contributed by atoms with van der Waals surface area (Å²) in [6, 6.07) is 6.60. The van der Waals surface area contributed by atoms with E-state index in [0.29, 0.717) is 10.6 Å². The van der Waals surface area contributed by atoms with Crippen molar-refractivity contribution in [3.63, 3.8) is 0 Å². The van der Waals surface area contributed by atoms with E-state index in [4.69, 9.17) is 11.6 Å². The highest BCUT2D eigenvalue weighted by molar-refractivity contribution is 8.08. The van der Waals surface area contributed by atoms with E-state index in [1.807, 2.05) is 0 Å². The molecule has 1 aromatic carbocycles. The van der Waals surface area contributed by atoms with Gasteiger partial charge in [-0.25, -0.2) is 16.8 Å². The monoisotopic (exact) mass is 294 g/mol. The van der Waals surface area contributed by atoms with Crippen LogP contribution in [0.4, 0.5) is 0 Å². The normalized spacial score (nSPS) is 23.4. The minimum Gasteiger partial charge on any atom is -0.228 e. The van der Waals surface area contributed by atoms with Gasteiger partial charge in [-0.15, -0.1) is 0 Å². The topological polar surface area (TPSA) is 68.3 Å². The second kappa shape index (κ2) is 4.26. The summed E-state index contributed by atoms with van der Waals surface area (Å²) in [7, 11) is -7.04. The van der Waals surface area contributed by atoms with Crippen molar-refractivity contribution >= 4 is 31.3 Å².